The third-order valence-corrected chi connectivity index (χ3v) is 4.71. The average molecular weight is 370 g/mol. The Morgan fingerprint density at radius 1 is 1.27 bits per heavy atom. The molecule has 2 heterocycles. The molecule has 0 radical (unpaired) electrons. The molecule has 0 saturated heterocycles. The maximum Gasteiger partial charge on any atom is 0.295 e. The highest BCUT2D eigenvalue weighted by molar-refractivity contribution is 7.12. The number of nitrogens with one attached hydrogen (secondary N) is 2. The summed E-state index contributed by atoms with van der Waals surface area (Å²) in [5.41, 5.74) is 1.89. The van der Waals surface area contributed by atoms with Crippen LogP contribution in [0, 0.1) is 17.0 Å². The number of nitrogens with zero attached hydrogens (tertiary/aromatic N) is 2. The first-order chi connectivity index (χ1) is 12.6. The molecule has 1 amide bonds. The number of aryl methyl sites for hydroxylation is 1. The highest BCUT2D eigenvalue weighted by atomic mass is 32.1. The first kappa shape index (κ1) is 17.8. The van der Waals surface area contributed by atoms with Crippen LogP contribution in [0.3, 0.4) is 0 Å². The molecule has 0 spiro atoms. The second kappa shape index (κ2) is 7.92. The number of hydrogen-bond acceptors (Lipinski definition) is 6. The molecule has 0 aliphatic rings. The molecular formula is C18H18N4O3S. The van der Waals surface area contributed by atoms with Gasteiger partial charge in [-0.15, -0.1) is 11.3 Å². The number of non-ortho nitro benzene ring substituents is 1. The first-order valence-electron chi connectivity index (χ1n) is 8.16. The zero-order valence-electron chi connectivity index (χ0n) is 14.2. The second-order valence-electron chi connectivity index (χ2n) is 5.76. The Labute approximate surface area is 154 Å². The van der Waals surface area contributed by atoms with Crippen LogP contribution in [0.1, 0.15) is 21.8 Å². The van der Waals surface area contributed by atoms with Gasteiger partial charge in [0.1, 0.15) is 0 Å². The van der Waals surface area contributed by atoms with Crippen molar-refractivity contribution in [3.05, 3.63) is 62.5 Å². The van der Waals surface area contributed by atoms with Crippen molar-refractivity contribution in [2.75, 3.05) is 18.4 Å². The number of nitro benzene ring substituents is 1. The number of benzene rings is 1. The molecule has 2 N–H and O–H groups in total. The predicted molar refractivity (Wildman–Crippen MR) is 103 cm³/mol. The van der Waals surface area contributed by atoms with E-state index in [4.69, 9.17) is 0 Å². The standard InChI is InChI=1S/C18H18N4O3S/c1-12-11-14(13-5-2-6-15(22(24)25)17(13)21-12)19-8-4-9-20-18(23)16-7-3-10-26-16/h2-3,5-7,10-11H,4,8-9H2,1H3,(H,19,21)(H,20,23). The van der Waals surface area contributed by atoms with Gasteiger partial charge in [0.15, 0.2) is 5.52 Å². The molecule has 26 heavy (non-hydrogen) atoms. The van der Waals surface area contributed by atoms with Gasteiger partial charge in [0.2, 0.25) is 0 Å². The van der Waals surface area contributed by atoms with Gasteiger partial charge in [-0.05, 0) is 30.9 Å². The normalized spacial score (nSPS) is 10.7. The molecular weight excluding hydrogens is 352 g/mol. The number of anilines is 1. The number of rotatable bonds is 7. The van der Waals surface area contributed by atoms with E-state index >= 15 is 0 Å². The summed E-state index contributed by atoms with van der Waals surface area (Å²) in [4.78, 5) is 27.7. The number of pyridine rings is 1. The van der Waals surface area contributed by atoms with E-state index in [2.05, 4.69) is 15.6 Å². The fourth-order valence-corrected chi connectivity index (χ4v) is 3.30. The van der Waals surface area contributed by atoms with Crippen molar-refractivity contribution in [1.82, 2.24) is 10.3 Å². The van der Waals surface area contributed by atoms with E-state index in [1.54, 1.807) is 12.1 Å². The van der Waals surface area contributed by atoms with E-state index in [1.807, 2.05) is 30.5 Å². The minimum Gasteiger partial charge on any atom is -0.384 e. The molecule has 0 unspecified atom stereocenters. The number of para-hydroxylation sites is 1. The SMILES string of the molecule is Cc1cc(NCCCNC(=O)c2cccs2)c2cccc([N+](=O)[O-])c2n1. The smallest absolute Gasteiger partial charge is 0.295 e. The largest absolute Gasteiger partial charge is 0.384 e. The summed E-state index contributed by atoms with van der Waals surface area (Å²) in [5, 5.41) is 20.0. The molecule has 3 rings (SSSR count). The number of nitro groups is 1. The summed E-state index contributed by atoms with van der Waals surface area (Å²) >= 11 is 1.41. The van der Waals surface area contributed by atoms with Crippen molar-refractivity contribution in [3.63, 3.8) is 0 Å². The van der Waals surface area contributed by atoms with Gasteiger partial charge in [0.25, 0.3) is 11.6 Å². The van der Waals surface area contributed by atoms with Gasteiger partial charge in [0.05, 0.1) is 9.80 Å². The number of fused-ring (bicyclic) bond motifs is 1. The molecule has 1 aromatic carbocycles. The van der Waals surface area contributed by atoms with E-state index in [9.17, 15) is 14.9 Å². The lowest BCUT2D eigenvalue weighted by atomic mass is 10.1. The second-order valence-corrected chi connectivity index (χ2v) is 6.70. The number of hydrogen-bond donors (Lipinski definition) is 2. The zero-order chi connectivity index (χ0) is 18.5. The molecule has 2 aromatic heterocycles. The fraction of sp³-hybridized carbons (Fsp3) is 0.222. The lowest BCUT2D eigenvalue weighted by Crippen LogP contribution is -2.25. The summed E-state index contributed by atoms with van der Waals surface area (Å²) in [7, 11) is 0. The highest BCUT2D eigenvalue weighted by Crippen LogP contribution is 2.29. The number of amides is 1. The molecule has 8 heteroatoms. The average Bonchev–Trinajstić information content (AvgIpc) is 3.15. The molecule has 0 aliphatic heterocycles. The van der Waals surface area contributed by atoms with Gasteiger partial charge < -0.3 is 10.6 Å². The number of carbonyl (C=O) groups is 1. The van der Waals surface area contributed by atoms with Crippen LogP contribution in [0.15, 0.2) is 41.8 Å². The molecule has 0 bridgehead atoms. The summed E-state index contributed by atoms with van der Waals surface area (Å²) in [6, 6.07) is 10.4. The van der Waals surface area contributed by atoms with E-state index in [0.29, 0.717) is 34.6 Å². The van der Waals surface area contributed by atoms with Crippen LogP contribution in [-0.2, 0) is 0 Å². The number of thiophene rings is 1. The van der Waals surface area contributed by atoms with Crippen molar-refractivity contribution in [1.29, 1.82) is 0 Å². The Kier molecular flexibility index (Phi) is 5.43. The van der Waals surface area contributed by atoms with Crippen molar-refractivity contribution >= 4 is 39.5 Å². The lowest BCUT2D eigenvalue weighted by Gasteiger charge is -2.11. The topological polar surface area (TPSA) is 97.2 Å². The fourth-order valence-electron chi connectivity index (χ4n) is 2.66. The number of aromatic nitrogens is 1. The third kappa shape index (κ3) is 3.97. The Balaban J connectivity index is 1.63. The predicted octanol–water partition coefficient (Wildman–Crippen LogP) is 3.74. The monoisotopic (exact) mass is 370 g/mol. The molecule has 0 atom stereocenters. The van der Waals surface area contributed by atoms with E-state index < -0.39 is 4.92 Å². The summed E-state index contributed by atoms with van der Waals surface area (Å²) in [5.74, 6) is -0.0687. The van der Waals surface area contributed by atoms with Gasteiger partial charge in [-0.3, -0.25) is 14.9 Å². The zero-order valence-corrected chi connectivity index (χ0v) is 15.0. The molecule has 0 saturated carbocycles. The van der Waals surface area contributed by atoms with Crippen molar-refractivity contribution < 1.29 is 9.72 Å². The molecule has 134 valence electrons. The van der Waals surface area contributed by atoms with Crippen LogP contribution in [0.25, 0.3) is 10.9 Å². The molecule has 0 aliphatic carbocycles. The van der Waals surface area contributed by atoms with Gasteiger partial charge in [-0.1, -0.05) is 18.2 Å². The molecule has 7 nitrogen and oxygen atoms in total. The third-order valence-electron chi connectivity index (χ3n) is 3.84. The Morgan fingerprint density at radius 2 is 2.12 bits per heavy atom. The van der Waals surface area contributed by atoms with Crippen molar-refractivity contribution in [2.24, 2.45) is 0 Å². The molecule has 0 fully saturated rings. The quantitative estimate of drug-likeness (QED) is 0.375. The van der Waals surface area contributed by atoms with Crippen molar-refractivity contribution in [3.8, 4) is 0 Å². The minimum absolute atomic E-state index is 0.00235. The van der Waals surface area contributed by atoms with E-state index in [1.165, 1.54) is 17.4 Å². The highest BCUT2D eigenvalue weighted by Gasteiger charge is 2.15. The Bertz CT molecular complexity index is 941. The van der Waals surface area contributed by atoms with Crippen LogP contribution in [-0.4, -0.2) is 28.9 Å². The van der Waals surface area contributed by atoms with Crippen LogP contribution < -0.4 is 10.6 Å². The molecule has 3 aromatic rings. The van der Waals surface area contributed by atoms with Crippen LogP contribution in [0.5, 0.6) is 0 Å². The lowest BCUT2D eigenvalue weighted by molar-refractivity contribution is -0.383. The maximum absolute atomic E-state index is 11.9. The van der Waals surface area contributed by atoms with E-state index in [-0.39, 0.29) is 11.6 Å². The first-order valence-corrected chi connectivity index (χ1v) is 9.04. The summed E-state index contributed by atoms with van der Waals surface area (Å²) < 4.78 is 0. The van der Waals surface area contributed by atoms with E-state index in [0.717, 1.165) is 12.1 Å². The van der Waals surface area contributed by atoms with Crippen LogP contribution in [0.2, 0.25) is 0 Å². The van der Waals surface area contributed by atoms with Crippen LogP contribution >= 0.6 is 11.3 Å². The van der Waals surface area contributed by atoms with Crippen LogP contribution in [0.4, 0.5) is 11.4 Å². The number of carbonyl (C=O) groups excluding carboxylic acids is 1. The van der Waals surface area contributed by atoms with Gasteiger partial charge in [-0.2, -0.15) is 0 Å². The Hall–Kier alpha value is -3.00. The Morgan fingerprint density at radius 3 is 2.85 bits per heavy atom. The summed E-state index contributed by atoms with van der Waals surface area (Å²) in [6.45, 7) is 2.99. The minimum atomic E-state index is -0.418. The van der Waals surface area contributed by atoms with Gasteiger partial charge >= 0.3 is 0 Å². The van der Waals surface area contributed by atoms with Gasteiger partial charge in [0, 0.05) is 35.9 Å². The maximum atomic E-state index is 11.9. The van der Waals surface area contributed by atoms with Gasteiger partial charge in [-0.25, -0.2) is 4.98 Å². The van der Waals surface area contributed by atoms with Crippen molar-refractivity contribution in [2.45, 2.75) is 13.3 Å². The summed E-state index contributed by atoms with van der Waals surface area (Å²) in [6.07, 6.45) is 0.731.